The Morgan fingerprint density at radius 1 is 1.31 bits per heavy atom. The Morgan fingerprint density at radius 3 is 2.46 bits per heavy atom. The van der Waals surface area contributed by atoms with E-state index in [0.29, 0.717) is 6.41 Å². The number of rotatable bonds is 3. The predicted molar refractivity (Wildman–Crippen MR) is 49.2 cm³/mol. The number of amides is 1. The molecule has 1 rings (SSSR count). The molecule has 13 heavy (non-hydrogen) atoms. The lowest BCUT2D eigenvalue weighted by molar-refractivity contribution is -0.105. The van der Waals surface area contributed by atoms with Crippen LogP contribution in [0, 0.1) is 0 Å². The van der Waals surface area contributed by atoms with Crippen LogP contribution in [0.3, 0.4) is 0 Å². The van der Waals surface area contributed by atoms with Gasteiger partial charge in [0.15, 0.2) is 0 Å². The molecule has 0 spiro atoms. The molecule has 6 heteroatoms. The summed E-state index contributed by atoms with van der Waals surface area (Å²) in [6, 6.07) is 5.88. The van der Waals surface area contributed by atoms with Crippen LogP contribution in [-0.4, -0.2) is 14.8 Å². The van der Waals surface area contributed by atoms with Crippen LogP contribution in [0.4, 0.5) is 5.69 Å². The molecule has 0 saturated heterocycles. The standard InChI is InChI=1S/C7H6ClNO3S/c8-13(11,12)7-4-2-1-3-6(7)9-5-10/h1-5H,(H,9,10). The van der Waals surface area contributed by atoms with E-state index < -0.39 is 9.05 Å². The zero-order valence-electron chi connectivity index (χ0n) is 6.40. The SMILES string of the molecule is O=CNc1ccccc1S(=O)(=O)Cl. The highest BCUT2D eigenvalue weighted by atomic mass is 35.7. The fourth-order valence-electron chi connectivity index (χ4n) is 0.862. The first-order valence-electron chi connectivity index (χ1n) is 3.29. The molecular weight excluding hydrogens is 214 g/mol. The monoisotopic (exact) mass is 219 g/mol. The summed E-state index contributed by atoms with van der Waals surface area (Å²) in [5.74, 6) is 0. The van der Waals surface area contributed by atoms with Crippen molar-refractivity contribution in [3.8, 4) is 0 Å². The fourth-order valence-corrected chi connectivity index (χ4v) is 1.90. The van der Waals surface area contributed by atoms with Crippen molar-refractivity contribution < 1.29 is 13.2 Å². The van der Waals surface area contributed by atoms with Crippen molar-refractivity contribution in [2.45, 2.75) is 4.90 Å². The summed E-state index contributed by atoms with van der Waals surface area (Å²) >= 11 is 0. The van der Waals surface area contributed by atoms with Crippen LogP contribution in [0.2, 0.25) is 0 Å². The first kappa shape index (κ1) is 10.0. The van der Waals surface area contributed by atoms with Crippen LogP contribution < -0.4 is 5.32 Å². The largest absolute Gasteiger partial charge is 0.328 e. The molecular formula is C7H6ClNO3S. The van der Waals surface area contributed by atoms with Crippen LogP contribution in [-0.2, 0) is 13.8 Å². The van der Waals surface area contributed by atoms with Gasteiger partial charge in [-0.1, -0.05) is 12.1 Å². The van der Waals surface area contributed by atoms with Gasteiger partial charge in [0.2, 0.25) is 6.41 Å². The van der Waals surface area contributed by atoms with Gasteiger partial charge in [-0.05, 0) is 12.1 Å². The van der Waals surface area contributed by atoms with E-state index in [1.165, 1.54) is 18.2 Å². The molecule has 0 bridgehead atoms. The second kappa shape index (κ2) is 3.76. The second-order valence-corrected chi connectivity index (χ2v) is 4.73. The minimum absolute atomic E-state index is 0.108. The third-order valence-corrected chi connectivity index (χ3v) is 2.74. The van der Waals surface area contributed by atoms with Gasteiger partial charge in [-0.3, -0.25) is 4.79 Å². The molecule has 0 aromatic heterocycles. The molecule has 1 aromatic carbocycles. The van der Waals surface area contributed by atoms with E-state index in [1.54, 1.807) is 6.07 Å². The quantitative estimate of drug-likeness (QED) is 0.614. The van der Waals surface area contributed by atoms with Crippen LogP contribution in [0.25, 0.3) is 0 Å². The Kier molecular flexibility index (Phi) is 2.90. The topological polar surface area (TPSA) is 63.2 Å². The molecule has 70 valence electrons. The summed E-state index contributed by atoms with van der Waals surface area (Å²) in [7, 11) is 1.31. The molecule has 0 fully saturated rings. The van der Waals surface area contributed by atoms with Crippen molar-refractivity contribution in [2.24, 2.45) is 0 Å². The van der Waals surface area contributed by atoms with Crippen molar-refractivity contribution >= 4 is 31.8 Å². The minimum atomic E-state index is -3.80. The molecule has 0 unspecified atom stereocenters. The van der Waals surface area contributed by atoms with Crippen molar-refractivity contribution in [3.63, 3.8) is 0 Å². The lowest BCUT2D eigenvalue weighted by Crippen LogP contribution is -2.00. The Labute approximate surface area is 79.9 Å². The molecule has 0 aliphatic rings. The summed E-state index contributed by atoms with van der Waals surface area (Å²) in [5.41, 5.74) is 0.174. The summed E-state index contributed by atoms with van der Waals surface area (Å²) in [6.45, 7) is 0. The fraction of sp³-hybridized carbons (Fsp3) is 0. The van der Waals surface area contributed by atoms with E-state index in [1.807, 2.05) is 0 Å². The Hall–Kier alpha value is -1.07. The number of nitrogens with one attached hydrogen (secondary N) is 1. The maximum absolute atomic E-state index is 10.9. The van der Waals surface area contributed by atoms with E-state index >= 15 is 0 Å². The van der Waals surface area contributed by atoms with Crippen molar-refractivity contribution in [1.82, 2.24) is 0 Å². The summed E-state index contributed by atoms with van der Waals surface area (Å²) in [6.07, 6.45) is 0.390. The number of anilines is 1. The normalized spacial score (nSPS) is 10.8. The molecule has 4 nitrogen and oxygen atoms in total. The average Bonchev–Trinajstić information content (AvgIpc) is 2.04. The van der Waals surface area contributed by atoms with E-state index in [-0.39, 0.29) is 10.6 Å². The van der Waals surface area contributed by atoms with Gasteiger partial charge in [0.05, 0.1) is 5.69 Å². The first-order valence-corrected chi connectivity index (χ1v) is 5.60. The molecule has 0 atom stereocenters. The molecule has 0 heterocycles. The maximum Gasteiger partial charge on any atom is 0.263 e. The lowest BCUT2D eigenvalue weighted by Gasteiger charge is -2.03. The number of benzene rings is 1. The summed E-state index contributed by atoms with van der Waals surface area (Å²) in [4.78, 5) is 10.00. The van der Waals surface area contributed by atoms with Gasteiger partial charge in [0.1, 0.15) is 4.90 Å². The van der Waals surface area contributed by atoms with Crippen LogP contribution in [0.5, 0.6) is 0 Å². The van der Waals surface area contributed by atoms with Crippen LogP contribution in [0.1, 0.15) is 0 Å². The molecule has 0 saturated carbocycles. The summed E-state index contributed by atoms with van der Waals surface area (Å²) in [5, 5.41) is 2.24. The highest BCUT2D eigenvalue weighted by molar-refractivity contribution is 8.13. The number of carbonyl (C=O) groups is 1. The Balaban J connectivity index is 3.28. The van der Waals surface area contributed by atoms with Gasteiger partial charge in [-0.2, -0.15) is 0 Å². The van der Waals surface area contributed by atoms with E-state index in [9.17, 15) is 13.2 Å². The van der Waals surface area contributed by atoms with Gasteiger partial charge >= 0.3 is 0 Å². The van der Waals surface area contributed by atoms with E-state index in [2.05, 4.69) is 5.32 Å². The van der Waals surface area contributed by atoms with Crippen molar-refractivity contribution in [3.05, 3.63) is 24.3 Å². The maximum atomic E-state index is 10.9. The smallest absolute Gasteiger partial charge is 0.263 e. The zero-order chi connectivity index (χ0) is 9.90. The van der Waals surface area contributed by atoms with Crippen molar-refractivity contribution in [2.75, 3.05) is 5.32 Å². The predicted octanol–water partition coefficient (Wildman–Crippen LogP) is 1.18. The molecule has 0 aliphatic carbocycles. The van der Waals surface area contributed by atoms with Gasteiger partial charge < -0.3 is 5.32 Å². The van der Waals surface area contributed by atoms with Crippen molar-refractivity contribution in [1.29, 1.82) is 0 Å². The average molecular weight is 220 g/mol. The summed E-state index contributed by atoms with van der Waals surface area (Å²) < 4.78 is 21.9. The van der Waals surface area contributed by atoms with E-state index in [4.69, 9.17) is 10.7 Å². The van der Waals surface area contributed by atoms with Gasteiger partial charge in [0, 0.05) is 10.7 Å². The number of hydrogen-bond donors (Lipinski definition) is 1. The second-order valence-electron chi connectivity index (χ2n) is 2.20. The minimum Gasteiger partial charge on any atom is -0.328 e. The van der Waals surface area contributed by atoms with Crippen LogP contribution in [0.15, 0.2) is 29.2 Å². The van der Waals surface area contributed by atoms with Gasteiger partial charge in [-0.15, -0.1) is 0 Å². The molecule has 1 N–H and O–H groups in total. The molecule has 0 aliphatic heterocycles. The van der Waals surface area contributed by atoms with E-state index in [0.717, 1.165) is 0 Å². The highest BCUT2D eigenvalue weighted by Crippen LogP contribution is 2.23. The van der Waals surface area contributed by atoms with Gasteiger partial charge in [-0.25, -0.2) is 8.42 Å². The molecule has 0 radical (unpaired) electrons. The Bertz CT molecular complexity index is 416. The highest BCUT2D eigenvalue weighted by Gasteiger charge is 2.13. The molecule has 1 amide bonds. The zero-order valence-corrected chi connectivity index (χ0v) is 7.97. The van der Waals surface area contributed by atoms with Gasteiger partial charge in [0.25, 0.3) is 9.05 Å². The Morgan fingerprint density at radius 2 is 1.92 bits per heavy atom. The number of halogens is 1. The third kappa shape index (κ3) is 2.43. The molecule has 1 aromatic rings. The first-order chi connectivity index (χ1) is 6.05. The third-order valence-electron chi connectivity index (χ3n) is 1.36. The lowest BCUT2D eigenvalue weighted by atomic mass is 10.3. The number of para-hydroxylation sites is 1. The van der Waals surface area contributed by atoms with Crippen LogP contribution >= 0.6 is 10.7 Å². The number of hydrogen-bond acceptors (Lipinski definition) is 3. The number of carbonyl (C=O) groups excluding carboxylic acids is 1.